The number of amides is 1. The molecule has 0 radical (unpaired) electrons. The Bertz CT molecular complexity index is 839. The van der Waals surface area contributed by atoms with Crippen molar-refractivity contribution in [3.05, 3.63) is 51.7 Å². The van der Waals surface area contributed by atoms with Gasteiger partial charge in [-0.15, -0.1) is 11.3 Å². The van der Waals surface area contributed by atoms with Crippen molar-refractivity contribution in [2.24, 2.45) is 0 Å². The number of thiophene rings is 1. The van der Waals surface area contributed by atoms with Crippen molar-refractivity contribution in [3.63, 3.8) is 0 Å². The van der Waals surface area contributed by atoms with Gasteiger partial charge in [-0.2, -0.15) is 0 Å². The van der Waals surface area contributed by atoms with Gasteiger partial charge in [-0.05, 0) is 55.3 Å². The van der Waals surface area contributed by atoms with Crippen LogP contribution in [-0.4, -0.2) is 73.4 Å². The normalized spacial score (nSPS) is 16.8. The molecule has 0 unspecified atom stereocenters. The maximum Gasteiger partial charge on any atom is 0.237 e. The van der Waals surface area contributed by atoms with Gasteiger partial charge in [0.2, 0.25) is 5.91 Å². The van der Waals surface area contributed by atoms with E-state index in [1.54, 1.807) is 18.4 Å². The highest BCUT2D eigenvalue weighted by Crippen LogP contribution is 2.34. The van der Waals surface area contributed by atoms with E-state index in [0.29, 0.717) is 39.3 Å². The topological polar surface area (TPSA) is 62.2 Å². The first-order valence-corrected chi connectivity index (χ1v) is 12.3. The van der Waals surface area contributed by atoms with Gasteiger partial charge in [0, 0.05) is 38.2 Å². The molecule has 2 aromatic rings. The van der Waals surface area contributed by atoms with Crippen molar-refractivity contribution >= 4 is 17.2 Å². The van der Waals surface area contributed by atoms with E-state index in [2.05, 4.69) is 23.3 Å². The molecule has 0 fully saturated rings. The Hall–Kier alpha value is -1.93. The Labute approximate surface area is 195 Å². The highest BCUT2D eigenvalue weighted by molar-refractivity contribution is 7.10. The third-order valence-electron chi connectivity index (χ3n) is 5.97. The Morgan fingerprint density at radius 3 is 2.81 bits per heavy atom. The number of nitrogens with zero attached hydrogens (tertiary/aromatic N) is 2. The molecule has 2 atom stereocenters. The Kier molecular flexibility index (Phi) is 9.53. The summed E-state index contributed by atoms with van der Waals surface area (Å²) in [5.74, 6) is 0.901. The van der Waals surface area contributed by atoms with Gasteiger partial charge >= 0.3 is 0 Å². The lowest BCUT2D eigenvalue weighted by Crippen LogP contribution is -2.48. The van der Waals surface area contributed by atoms with Gasteiger partial charge in [0.1, 0.15) is 12.4 Å². The first kappa shape index (κ1) is 24.7. The number of carbonyl (C=O) groups is 1. The zero-order valence-corrected chi connectivity index (χ0v) is 20.3. The average molecular weight is 461 g/mol. The van der Waals surface area contributed by atoms with Gasteiger partial charge in [-0.1, -0.05) is 24.6 Å². The highest BCUT2D eigenvalue weighted by atomic mass is 32.1. The third kappa shape index (κ3) is 6.78. The molecule has 1 aliphatic heterocycles. The SMILES string of the molecule is CC[C@H](O)CN(CCCOC)CC(=O)N1CCc2sccc2[C@H]1COc1ccc(C)cc1. The number of carbonyl (C=O) groups excluding carboxylic acids is 1. The van der Waals surface area contributed by atoms with Crippen LogP contribution >= 0.6 is 11.3 Å². The summed E-state index contributed by atoms with van der Waals surface area (Å²) in [5.41, 5.74) is 2.39. The lowest BCUT2D eigenvalue weighted by Gasteiger charge is -2.37. The molecule has 176 valence electrons. The predicted molar refractivity (Wildman–Crippen MR) is 128 cm³/mol. The smallest absolute Gasteiger partial charge is 0.237 e. The van der Waals surface area contributed by atoms with Crippen LogP contribution in [0.2, 0.25) is 0 Å². The minimum atomic E-state index is -0.434. The molecule has 0 saturated carbocycles. The van der Waals surface area contributed by atoms with Crippen molar-refractivity contribution < 1.29 is 19.4 Å². The first-order chi connectivity index (χ1) is 15.5. The quantitative estimate of drug-likeness (QED) is 0.490. The van der Waals surface area contributed by atoms with Crippen LogP contribution in [0.4, 0.5) is 0 Å². The summed E-state index contributed by atoms with van der Waals surface area (Å²) in [6.45, 7) is 7.28. The van der Waals surface area contributed by atoms with E-state index < -0.39 is 6.10 Å². The average Bonchev–Trinajstić information content (AvgIpc) is 3.27. The van der Waals surface area contributed by atoms with Gasteiger partial charge in [0.25, 0.3) is 0 Å². The standard InChI is InChI=1S/C25H36N2O4S/c1-4-20(28)16-26(12-5-14-30-3)17-25(29)27-13-10-24-22(11-15-32-24)23(27)18-31-21-8-6-19(2)7-9-21/h6-9,11,15,20,23,28H,4-5,10,12-14,16-18H2,1-3H3/t20-,23+/m0/s1. The summed E-state index contributed by atoms with van der Waals surface area (Å²) in [6.07, 6.45) is 1.94. The number of rotatable bonds is 12. The molecule has 0 spiro atoms. The lowest BCUT2D eigenvalue weighted by atomic mass is 10.0. The molecule has 1 aliphatic rings. The minimum Gasteiger partial charge on any atom is -0.491 e. The summed E-state index contributed by atoms with van der Waals surface area (Å²) in [7, 11) is 1.68. The summed E-state index contributed by atoms with van der Waals surface area (Å²) in [6, 6.07) is 10.0. The monoisotopic (exact) mass is 460 g/mol. The van der Waals surface area contributed by atoms with Crippen LogP contribution < -0.4 is 4.74 Å². The van der Waals surface area contributed by atoms with Gasteiger partial charge in [0.15, 0.2) is 0 Å². The molecule has 7 heteroatoms. The van der Waals surface area contributed by atoms with Crippen molar-refractivity contribution in [1.82, 2.24) is 9.80 Å². The number of hydrogen-bond acceptors (Lipinski definition) is 6. The van der Waals surface area contributed by atoms with Crippen LogP contribution in [-0.2, 0) is 16.0 Å². The fraction of sp³-hybridized carbons (Fsp3) is 0.560. The molecule has 0 bridgehead atoms. The van der Waals surface area contributed by atoms with Crippen molar-refractivity contribution in [1.29, 1.82) is 0 Å². The van der Waals surface area contributed by atoms with Gasteiger partial charge in [0.05, 0.1) is 18.7 Å². The third-order valence-corrected chi connectivity index (χ3v) is 6.96. The molecule has 2 heterocycles. The van der Waals surface area contributed by atoms with Crippen LogP contribution in [0.3, 0.4) is 0 Å². The number of aryl methyl sites for hydroxylation is 1. The number of methoxy groups -OCH3 is 1. The number of aliphatic hydroxyl groups is 1. The Morgan fingerprint density at radius 2 is 2.09 bits per heavy atom. The van der Waals surface area contributed by atoms with Crippen LogP contribution in [0.25, 0.3) is 0 Å². The molecular formula is C25H36N2O4S. The number of hydrogen-bond donors (Lipinski definition) is 1. The summed E-state index contributed by atoms with van der Waals surface area (Å²) in [5, 5.41) is 12.3. The largest absolute Gasteiger partial charge is 0.491 e. The maximum atomic E-state index is 13.4. The number of fused-ring (bicyclic) bond motifs is 1. The summed E-state index contributed by atoms with van der Waals surface area (Å²) in [4.78, 5) is 18.8. The van der Waals surface area contributed by atoms with Crippen molar-refractivity contribution in [2.75, 3.05) is 46.5 Å². The number of benzene rings is 1. The van der Waals surface area contributed by atoms with E-state index in [0.717, 1.165) is 25.1 Å². The van der Waals surface area contributed by atoms with Gasteiger partial charge in [-0.25, -0.2) is 0 Å². The van der Waals surface area contributed by atoms with Crippen LogP contribution in [0.5, 0.6) is 5.75 Å². The van der Waals surface area contributed by atoms with Gasteiger partial charge < -0.3 is 19.5 Å². The number of aliphatic hydroxyl groups excluding tert-OH is 1. The second kappa shape index (κ2) is 12.3. The van der Waals surface area contributed by atoms with Gasteiger partial charge in [-0.3, -0.25) is 9.69 Å². The molecule has 32 heavy (non-hydrogen) atoms. The molecule has 0 saturated heterocycles. The lowest BCUT2D eigenvalue weighted by molar-refractivity contribution is -0.136. The minimum absolute atomic E-state index is 0.0834. The van der Waals surface area contributed by atoms with Crippen molar-refractivity contribution in [2.45, 2.75) is 45.3 Å². The molecule has 1 aromatic carbocycles. The molecular weight excluding hydrogens is 424 g/mol. The van der Waals surface area contributed by atoms with Crippen LogP contribution in [0, 0.1) is 6.92 Å². The fourth-order valence-corrected chi connectivity index (χ4v) is 4.99. The zero-order chi connectivity index (χ0) is 22.9. The van der Waals surface area contributed by atoms with E-state index >= 15 is 0 Å². The molecule has 6 nitrogen and oxygen atoms in total. The van der Waals surface area contributed by atoms with Crippen LogP contribution in [0.1, 0.15) is 41.8 Å². The molecule has 1 N–H and O–H groups in total. The van der Waals surface area contributed by atoms with E-state index in [9.17, 15) is 9.90 Å². The van der Waals surface area contributed by atoms with E-state index in [1.807, 2.05) is 36.1 Å². The predicted octanol–water partition coefficient (Wildman–Crippen LogP) is 3.67. The summed E-state index contributed by atoms with van der Waals surface area (Å²) >= 11 is 1.75. The van der Waals surface area contributed by atoms with E-state index in [1.165, 1.54) is 16.0 Å². The van der Waals surface area contributed by atoms with E-state index in [-0.39, 0.29) is 11.9 Å². The van der Waals surface area contributed by atoms with Crippen LogP contribution in [0.15, 0.2) is 35.7 Å². The highest BCUT2D eigenvalue weighted by Gasteiger charge is 2.33. The van der Waals surface area contributed by atoms with E-state index in [4.69, 9.17) is 9.47 Å². The van der Waals surface area contributed by atoms with Crippen molar-refractivity contribution in [3.8, 4) is 5.75 Å². The Balaban J connectivity index is 1.70. The Morgan fingerprint density at radius 1 is 1.31 bits per heavy atom. The second-order valence-electron chi connectivity index (χ2n) is 8.42. The second-order valence-corrected chi connectivity index (χ2v) is 9.42. The fourth-order valence-electron chi connectivity index (χ4n) is 4.06. The summed E-state index contributed by atoms with van der Waals surface area (Å²) < 4.78 is 11.3. The number of ether oxygens (including phenoxy) is 2. The first-order valence-electron chi connectivity index (χ1n) is 11.5. The zero-order valence-electron chi connectivity index (χ0n) is 19.5. The molecule has 3 rings (SSSR count). The maximum absolute atomic E-state index is 13.4. The molecule has 0 aliphatic carbocycles. The molecule has 1 amide bonds. The molecule has 1 aromatic heterocycles.